The molecule has 28 heavy (non-hydrogen) atoms. The fraction of sp³-hybridized carbons (Fsp3) is 0.900. The molecule has 0 rings (SSSR count). The molecule has 166 valence electrons. The zero-order chi connectivity index (χ0) is 21.0. The van der Waals surface area contributed by atoms with Crippen molar-refractivity contribution in [1.82, 2.24) is 0 Å². The Morgan fingerprint density at radius 3 is 1.36 bits per heavy atom. The molecule has 0 amide bonds. The van der Waals surface area contributed by atoms with Crippen LogP contribution in [-0.2, 0) is 38.0 Å². The summed E-state index contributed by atoms with van der Waals surface area (Å²) in [6.07, 6.45) is 1.83. The van der Waals surface area contributed by atoms with Gasteiger partial charge in [0.05, 0.1) is 51.5 Å². The van der Waals surface area contributed by atoms with E-state index in [9.17, 15) is 9.59 Å². The minimum Gasteiger partial charge on any atom is -0.463 e. The Hall–Kier alpha value is -1.22. The summed E-state index contributed by atoms with van der Waals surface area (Å²) in [4.78, 5) is 23.2. The highest BCUT2D eigenvalue weighted by atomic mass is 16.6. The third kappa shape index (κ3) is 15.8. The summed E-state index contributed by atoms with van der Waals surface area (Å²) >= 11 is 0. The van der Waals surface area contributed by atoms with Gasteiger partial charge in [0.15, 0.2) is 0 Å². The molecule has 0 saturated heterocycles. The monoisotopic (exact) mass is 406 g/mol. The van der Waals surface area contributed by atoms with Gasteiger partial charge < -0.3 is 28.4 Å². The molecular formula is C20H38O8. The second kappa shape index (κ2) is 19.1. The predicted molar refractivity (Wildman–Crippen MR) is 104 cm³/mol. The summed E-state index contributed by atoms with van der Waals surface area (Å²) in [6, 6.07) is 0. The lowest BCUT2D eigenvalue weighted by Gasteiger charge is -2.15. The highest BCUT2D eigenvalue weighted by Crippen LogP contribution is 2.01. The van der Waals surface area contributed by atoms with Crippen molar-refractivity contribution in [3.05, 3.63) is 0 Å². The van der Waals surface area contributed by atoms with Gasteiger partial charge >= 0.3 is 11.9 Å². The molecule has 8 heteroatoms. The number of rotatable bonds is 19. The quantitative estimate of drug-likeness (QED) is 0.239. The summed E-state index contributed by atoms with van der Waals surface area (Å²) in [5, 5.41) is 0. The molecule has 0 N–H and O–H groups in total. The first-order valence-corrected chi connectivity index (χ1v) is 10.3. The molecule has 0 bridgehead atoms. The lowest BCUT2D eigenvalue weighted by molar-refractivity contribution is -0.152. The average Bonchev–Trinajstić information content (AvgIpc) is 2.70. The largest absolute Gasteiger partial charge is 0.463 e. The van der Waals surface area contributed by atoms with Crippen molar-refractivity contribution in [1.29, 1.82) is 0 Å². The second-order valence-electron chi connectivity index (χ2n) is 6.06. The van der Waals surface area contributed by atoms with E-state index in [0.29, 0.717) is 39.6 Å². The molecule has 0 radical (unpaired) electrons. The zero-order valence-electron chi connectivity index (χ0n) is 17.9. The molecule has 8 nitrogen and oxygen atoms in total. The van der Waals surface area contributed by atoms with Crippen LogP contribution in [0.1, 0.15) is 53.4 Å². The van der Waals surface area contributed by atoms with Crippen molar-refractivity contribution < 1.29 is 38.0 Å². The maximum absolute atomic E-state index is 11.6. The van der Waals surface area contributed by atoms with Crippen LogP contribution in [-0.4, -0.2) is 77.0 Å². The molecule has 0 fully saturated rings. The molecule has 0 saturated carbocycles. The molecule has 0 aromatic rings. The van der Waals surface area contributed by atoms with Crippen LogP contribution in [0.15, 0.2) is 0 Å². The summed E-state index contributed by atoms with van der Waals surface area (Å²) < 4.78 is 31.8. The molecule has 2 atom stereocenters. The number of ether oxygens (including phenoxy) is 6. The van der Waals surface area contributed by atoms with Crippen LogP contribution >= 0.6 is 0 Å². The van der Waals surface area contributed by atoms with Gasteiger partial charge in [-0.1, -0.05) is 13.8 Å². The van der Waals surface area contributed by atoms with Crippen LogP contribution in [0.4, 0.5) is 0 Å². The minimum absolute atomic E-state index is 0.0154. The van der Waals surface area contributed by atoms with E-state index >= 15 is 0 Å². The van der Waals surface area contributed by atoms with Crippen LogP contribution < -0.4 is 0 Å². The number of esters is 2. The van der Waals surface area contributed by atoms with Gasteiger partial charge in [-0.25, -0.2) is 0 Å². The number of hydrogen-bond donors (Lipinski definition) is 0. The Labute approximate surface area is 169 Å². The fourth-order valence-corrected chi connectivity index (χ4v) is 2.25. The Morgan fingerprint density at radius 1 is 0.643 bits per heavy atom. The van der Waals surface area contributed by atoms with Crippen LogP contribution in [0.2, 0.25) is 0 Å². The van der Waals surface area contributed by atoms with E-state index in [1.54, 1.807) is 0 Å². The van der Waals surface area contributed by atoms with Crippen LogP contribution in [0.5, 0.6) is 0 Å². The number of carbonyl (C=O) groups excluding carboxylic acids is 2. The van der Waals surface area contributed by atoms with Crippen LogP contribution in [0, 0.1) is 0 Å². The predicted octanol–water partition coefficient (Wildman–Crippen LogP) is 2.52. The van der Waals surface area contributed by atoms with E-state index in [1.165, 1.54) is 0 Å². The molecule has 0 heterocycles. The van der Waals surface area contributed by atoms with E-state index in [4.69, 9.17) is 28.4 Å². The van der Waals surface area contributed by atoms with E-state index in [1.807, 2.05) is 27.7 Å². The number of hydrogen-bond acceptors (Lipinski definition) is 8. The van der Waals surface area contributed by atoms with Gasteiger partial charge in [0.25, 0.3) is 0 Å². The van der Waals surface area contributed by atoms with Gasteiger partial charge in [-0.3, -0.25) is 9.59 Å². The Morgan fingerprint density at radius 2 is 1.04 bits per heavy atom. The summed E-state index contributed by atoms with van der Waals surface area (Å²) in [7, 11) is 0. The summed E-state index contributed by atoms with van der Waals surface area (Å²) in [5.41, 5.74) is 0. The normalized spacial score (nSPS) is 13.1. The van der Waals surface area contributed by atoms with Crippen molar-refractivity contribution in [3.8, 4) is 0 Å². The van der Waals surface area contributed by atoms with E-state index in [-0.39, 0.29) is 38.3 Å². The van der Waals surface area contributed by atoms with E-state index in [2.05, 4.69) is 0 Å². The first kappa shape index (κ1) is 26.8. The molecule has 0 aromatic heterocycles. The highest BCUT2D eigenvalue weighted by molar-refractivity contribution is 5.77. The first-order valence-electron chi connectivity index (χ1n) is 10.3. The third-order valence-electron chi connectivity index (χ3n) is 3.84. The van der Waals surface area contributed by atoms with Gasteiger partial charge in [0, 0.05) is 13.2 Å². The van der Waals surface area contributed by atoms with Crippen molar-refractivity contribution >= 4 is 11.9 Å². The van der Waals surface area contributed by atoms with Crippen molar-refractivity contribution in [2.24, 2.45) is 0 Å². The van der Waals surface area contributed by atoms with Crippen molar-refractivity contribution in [2.75, 3.05) is 52.9 Å². The van der Waals surface area contributed by atoms with Gasteiger partial charge in [0.1, 0.15) is 13.2 Å². The van der Waals surface area contributed by atoms with Crippen molar-refractivity contribution in [2.45, 2.75) is 65.6 Å². The van der Waals surface area contributed by atoms with Crippen molar-refractivity contribution in [3.63, 3.8) is 0 Å². The number of carbonyl (C=O) groups is 2. The van der Waals surface area contributed by atoms with E-state index < -0.39 is 11.9 Å². The molecular weight excluding hydrogens is 368 g/mol. The third-order valence-corrected chi connectivity index (χ3v) is 3.84. The lowest BCUT2D eigenvalue weighted by Crippen LogP contribution is -2.21. The maximum Gasteiger partial charge on any atom is 0.306 e. The maximum atomic E-state index is 11.6. The van der Waals surface area contributed by atoms with Gasteiger partial charge in [0.2, 0.25) is 0 Å². The Balaban J connectivity index is 3.59. The standard InChI is InChI=1S/C20H38O8/c1-5-17(25-7-3)15-23-11-13-27-19(21)9-10-20(22)28-14-12-24-16-18(6-2)26-8-4/h17-18H,5-16H2,1-4H3. The smallest absolute Gasteiger partial charge is 0.306 e. The molecule has 2 unspecified atom stereocenters. The minimum atomic E-state index is -0.448. The topological polar surface area (TPSA) is 89.5 Å². The Bertz CT molecular complexity index is 352. The second-order valence-corrected chi connectivity index (χ2v) is 6.06. The van der Waals surface area contributed by atoms with Gasteiger partial charge in [-0.05, 0) is 26.7 Å². The first-order chi connectivity index (χ1) is 13.6. The fourth-order valence-electron chi connectivity index (χ4n) is 2.25. The van der Waals surface area contributed by atoms with E-state index in [0.717, 1.165) is 12.8 Å². The zero-order valence-corrected chi connectivity index (χ0v) is 17.9. The molecule has 0 aliphatic heterocycles. The summed E-state index contributed by atoms with van der Waals surface area (Å²) in [5.74, 6) is -0.896. The lowest BCUT2D eigenvalue weighted by atomic mass is 10.3. The SMILES string of the molecule is CCOC(CC)COCCOC(=O)CCC(=O)OCCOCC(CC)OCC. The van der Waals surface area contributed by atoms with Crippen LogP contribution in [0.3, 0.4) is 0 Å². The molecule has 0 aliphatic carbocycles. The average molecular weight is 407 g/mol. The molecule has 0 aromatic carbocycles. The van der Waals surface area contributed by atoms with Gasteiger partial charge in [-0.2, -0.15) is 0 Å². The highest BCUT2D eigenvalue weighted by Gasteiger charge is 2.10. The van der Waals surface area contributed by atoms with Gasteiger partial charge in [-0.15, -0.1) is 0 Å². The van der Waals surface area contributed by atoms with Crippen LogP contribution in [0.25, 0.3) is 0 Å². The summed E-state index contributed by atoms with van der Waals surface area (Å²) in [6.45, 7) is 11.1. The molecule has 0 aliphatic rings. The molecule has 0 spiro atoms. The Kier molecular flexibility index (Phi) is 18.3.